The van der Waals surface area contributed by atoms with Gasteiger partial charge in [0.1, 0.15) is 0 Å². The van der Waals surface area contributed by atoms with Gasteiger partial charge in [0.15, 0.2) is 0 Å². The van der Waals surface area contributed by atoms with Crippen LogP contribution < -0.4 is 5.73 Å². The number of alkyl halides is 3. The van der Waals surface area contributed by atoms with Crippen molar-refractivity contribution in [1.82, 2.24) is 0 Å². The molecular formula is C8H12F3NO. The molecule has 0 aromatic rings. The third-order valence-corrected chi connectivity index (χ3v) is 1.43. The van der Waals surface area contributed by atoms with Gasteiger partial charge in [0.2, 0.25) is 0 Å². The number of hydrogen-bond acceptors (Lipinski definition) is 2. The Hall–Kier alpha value is -1.00. The van der Waals surface area contributed by atoms with Crippen molar-refractivity contribution >= 4 is 5.78 Å². The van der Waals surface area contributed by atoms with Crippen LogP contribution in [0.1, 0.15) is 20.8 Å². The summed E-state index contributed by atoms with van der Waals surface area (Å²) in [5.74, 6) is -1.92. The second-order valence-electron chi connectivity index (χ2n) is 3.71. The van der Waals surface area contributed by atoms with Gasteiger partial charge in [-0.25, -0.2) is 0 Å². The normalized spacial score (nSPS) is 14.5. The first-order valence-corrected chi connectivity index (χ1v) is 3.64. The van der Waals surface area contributed by atoms with Crippen LogP contribution in [0.2, 0.25) is 0 Å². The number of ketones is 1. The smallest absolute Gasteiger partial charge is 0.402 e. The average Bonchev–Trinajstić information content (AvgIpc) is 1.82. The molecule has 0 aromatic heterocycles. The number of nitrogens with two attached hydrogens (primary N) is 1. The van der Waals surface area contributed by atoms with Crippen LogP contribution in [-0.2, 0) is 4.79 Å². The molecule has 0 saturated heterocycles. The van der Waals surface area contributed by atoms with Crippen molar-refractivity contribution in [3.05, 3.63) is 11.8 Å². The highest BCUT2D eigenvalue weighted by Gasteiger charge is 2.37. The molecule has 0 saturated carbocycles. The van der Waals surface area contributed by atoms with Crippen LogP contribution in [-0.4, -0.2) is 12.0 Å². The molecule has 0 spiro atoms. The molecule has 13 heavy (non-hydrogen) atoms. The fourth-order valence-electron chi connectivity index (χ4n) is 0.440. The molecule has 0 unspecified atom stereocenters. The van der Waals surface area contributed by atoms with Gasteiger partial charge in [-0.05, 0) is 0 Å². The predicted octanol–water partition coefficient (Wildman–Crippen LogP) is 2.01. The van der Waals surface area contributed by atoms with E-state index in [1.165, 1.54) is 0 Å². The summed E-state index contributed by atoms with van der Waals surface area (Å²) < 4.78 is 35.2. The number of halogens is 3. The van der Waals surface area contributed by atoms with Crippen molar-refractivity contribution < 1.29 is 18.0 Å². The largest absolute Gasteiger partial charge is 0.454 e. The summed E-state index contributed by atoms with van der Waals surface area (Å²) in [5, 5.41) is 0. The molecule has 5 heteroatoms. The van der Waals surface area contributed by atoms with Gasteiger partial charge in [0.25, 0.3) is 5.78 Å². The van der Waals surface area contributed by atoms with E-state index in [1.54, 1.807) is 20.8 Å². The van der Waals surface area contributed by atoms with Crippen LogP contribution in [0.4, 0.5) is 13.2 Å². The van der Waals surface area contributed by atoms with E-state index >= 15 is 0 Å². The number of hydrogen-bond donors (Lipinski definition) is 1. The fourth-order valence-corrected chi connectivity index (χ4v) is 0.440. The first-order valence-electron chi connectivity index (χ1n) is 3.64. The zero-order chi connectivity index (χ0) is 10.9. The van der Waals surface area contributed by atoms with Gasteiger partial charge < -0.3 is 5.73 Å². The maximum atomic E-state index is 11.7. The molecule has 0 heterocycles. The first kappa shape index (κ1) is 12.0. The predicted molar refractivity (Wildman–Crippen MR) is 42.8 cm³/mol. The van der Waals surface area contributed by atoms with Gasteiger partial charge in [-0.3, -0.25) is 4.79 Å². The fraction of sp³-hybridized carbons (Fsp3) is 0.625. The summed E-state index contributed by atoms with van der Waals surface area (Å²) in [7, 11) is 0. The maximum Gasteiger partial charge on any atom is 0.454 e. The molecule has 0 aliphatic heterocycles. The van der Waals surface area contributed by atoms with E-state index in [1.807, 2.05) is 0 Å². The highest BCUT2D eigenvalue weighted by Crippen LogP contribution is 2.23. The molecule has 76 valence electrons. The Bertz CT molecular complexity index is 235. The van der Waals surface area contributed by atoms with Gasteiger partial charge in [-0.2, -0.15) is 13.2 Å². The third kappa shape index (κ3) is 3.96. The first-order chi connectivity index (χ1) is 5.55. The van der Waals surface area contributed by atoms with Crippen molar-refractivity contribution in [1.29, 1.82) is 0 Å². The van der Waals surface area contributed by atoms with E-state index in [0.717, 1.165) is 0 Å². The van der Waals surface area contributed by atoms with Crippen LogP contribution in [0, 0.1) is 5.41 Å². The molecule has 0 amide bonds. The minimum absolute atomic E-state index is 0.0742. The molecular weight excluding hydrogens is 183 g/mol. The number of allylic oxidation sites excluding steroid dienone is 2. The molecule has 0 radical (unpaired) electrons. The Balaban J connectivity index is 4.70. The second kappa shape index (κ2) is 3.40. The van der Waals surface area contributed by atoms with Gasteiger partial charge in [-0.1, -0.05) is 20.8 Å². The lowest BCUT2D eigenvalue weighted by Crippen LogP contribution is -2.25. The van der Waals surface area contributed by atoms with Crippen molar-refractivity contribution in [2.75, 3.05) is 0 Å². The van der Waals surface area contributed by atoms with E-state index in [4.69, 9.17) is 5.73 Å². The summed E-state index contributed by atoms with van der Waals surface area (Å²) in [6, 6.07) is 0. The Kier molecular flexibility index (Phi) is 3.13. The van der Waals surface area contributed by atoms with Crippen LogP contribution >= 0.6 is 0 Å². The Morgan fingerprint density at radius 1 is 1.23 bits per heavy atom. The summed E-state index contributed by atoms with van der Waals surface area (Å²) in [5.41, 5.74) is 4.59. The number of rotatable bonds is 1. The van der Waals surface area contributed by atoms with Crippen LogP contribution in [0.15, 0.2) is 11.8 Å². The molecule has 0 fully saturated rings. The molecule has 0 bridgehead atoms. The standard InChI is InChI=1S/C8H12F3NO/c1-7(2,3)5(12)4-6(13)8(9,10)11/h4H,12H2,1-3H3. The summed E-state index contributed by atoms with van der Waals surface area (Å²) >= 11 is 0. The van der Waals surface area contributed by atoms with Gasteiger partial charge in [0, 0.05) is 17.2 Å². The van der Waals surface area contributed by atoms with Crippen LogP contribution in [0.25, 0.3) is 0 Å². The highest BCUT2D eigenvalue weighted by atomic mass is 19.4. The Morgan fingerprint density at radius 2 is 1.62 bits per heavy atom. The lowest BCUT2D eigenvalue weighted by Gasteiger charge is -2.18. The average molecular weight is 195 g/mol. The maximum absolute atomic E-state index is 11.7. The van der Waals surface area contributed by atoms with Crippen molar-refractivity contribution in [3.8, 4) is 0 Å². The molecule has 0 aliphatic carbocycles. The second-order valence-corrected chi connectivity index (χ2v) is 3.71. The zero-order valence-electron chi connectivity index (χ0n) is 7.70. The van der Waals surface area contributed by atoms with Crippen molar-refractivity contribution in [2.45, 2.75) is 26.9 Å². The molecule has 2 N–H and O–H groups in total. The van der Waals surface area contributed by atoms with Crippen molar-refractivity contribution in [3.63, 3.8) is 0 Å². The lowest BCUT2D eigenvalue weighted by molar-refractivity contribution is -0.165. The Labute approximate surface area is 74.6 Å². The minimum Gasteiger partial charge on any atom is -0.402 e. The van der Waals surface area contributed by atoms with Crippen molar-refractivity contribution in [2.24, 2.45) is 11.1 Å². The van der Waals surface area contributed by atoms with Gasteiger partial charge in [0.05, 0.1) is 0 Å². The third-order valence-electron chi connectivity index (χ3n) is 1.43. The summed E-state index contributed by atoms with van der Waals surface area (Å²) in [4.78, 5) is 10.4. The molecule has 2 nitrogen and oxygen atoms in total. The van der Waals surface area contributed by atoms with Gasteiger partial charge in [-0.15, -0.1) is 0 Å². The SMILES string of the molecule is CC(C)(C)C(N)=CC(=O)C(F)(F)F. The molecule has 0 rings (SSSR count). The number of carbonyl (C=O) groups excluding carboxylic acids is 1. The van der Waals surface area contributed by atoms with E-state index in [-0.39, 0.29) is 5.70 Å². The topological polar surface area (TPSA) is 43.1 Å². The van der Waals surface area contributed by atoms with E-state index in [0.29, 0.717) is 6.08 Å². The number of carbonyl (C=O) groups is 1. The van der Waals surface area contributed by atoms with E-state index in [2.05, 4.69) is 0 Å². The van der Waals surface area contributed by atoms with Crippen LogP contribution in [0.5, 0.6) is 0 Å². The molecule has 0 aliphatic rings. The quantitative estimate of drug-likeness (QED) is 0.650. The zero-order valence-corrected chi connectivity index (χ0v) is 7.70. The monoisotopic (exact) mass is 195 g/mol. The summed E-state index contributed by atoms with van der Waals surface area (Å²) in [6.07, 6.45) is -4.41. The van der Waals surface area contributed by atoms with E-state index < -0.39 is 17.4 Å². The van der Waals surface area contributed by atoms with Gasteiger partial charge >= 0.3 is 6.18 Å². The highest BCUT2D eigenvalue weighted by molar-refractivity contribution is 5.94. The molecule has 0 atom stereocenters. The lowest BCUT2D eigenvalue weighted by atomic mass is 9.91. The van der Waals surface area contributed by atoms with Crippen LogP contribution in [0.3, 0.4) is 0 Å². The minimum atomic E-state index is -4.84. The molecule has 0 aromatic carbocycles. The van der Waals surface area contributed by atoms with E-state index in [9.17, 15) is 18.0 Å². The Morgan fingerprint density at radius 3 is 1.85 bits per heavy atom. The summed E-state index contributed by atoms with van der Waals surface area (Å²) in [6.45, 7) is 4.88.